The average molecular weight is 523 g/mol. The van der Waals surface area contributed by atoms with E-state index in [1.807, 2.05) is 60.8 Å². The first-order valence-electron chi connectivity index (χ1n) is 12.3. The summed E-state index contributed by atoms with van der Waals surface area (Å²) in [5.74, 6) is -2.10. The topological polar surface area (TPSA) is 170 Å². The Morgan fingerprint density at radius 1 is 0.947 bits per heavy atom. The lowest BCUT2D eigenvalue weighted by Gasteiger charge is -2.27. The van der Waals surface area contributed by atoms with Crippen LogP contribution in [0.4, 0.5) is 0 Å². The number of hydrogen-bond acceptors (Lipinski definition) is 6. The molecule has 0 saturated heterocycles. The Bertz CT molecular complexity index is 1260. The minimum absolute atomic E-state index is 0.226. The number of nitrogens with one attached hydrogen (secondary N) is 4. The second-order valence-electron chi connectivity index (χ2n) is 9.03. The van der Waals surface area contributed by atoms with Crippen molar-refractivity contribution >= 4 is 34.5 Å². The summed E-state index contributed by atoms with van der Waals surface area (Å²) in [6.45, 7) is 0.546. The zero-order valence-corrected chi connectivity index (χ0v) is 21.4. The molecule has 3 aromatic rings. The number of nitrogens with zero attached hydrogens (tertiary/aromatic N) is 1. The van der Waals surface area contributed by atoms with Gasteiger partial charge in [0, 0.05) is 30.6 Å². The third-order valence-corrected chi connectivity index (χ3v) is 6.31. The Kier molecular flexibility index (Phi) is 9.97. The van der Waals surface area contributed by atoms with Crippen molar-refractivity contribution in [3.05, 3.63) is 71.9 Å². The second-order valence-corrected chi connectivity index (χ2v) is 9.03. The van der Waals surface area contributed by atoms with Crippen LogP contribution in [0.2, 0.25) is 0 Å². The minimum Gasteiger partial charge on any atom is -0.376 e. The van der Waals surface area contributed by atoms with Gasteiger partial charge in [-0.25, -0.2) is 0 Å². The van der Waals surface area contributed by atoms with E-state index >= 15 is 0 Å². The van der Waals surface area contributed by atoms with E-state index in [1.54, 1.807) is 0 Å². The molecule has 7 N–H and O–H groups in total. The van der Waals surface area contributed by atoms with E-state index in [0.717, 1.165) is 22.0 Å². The Morgan fingerprint density at radius 3 is 2.34 bits per heavy atom. The largest absolute Gasteiger partial charge is 0.376 e. The molecule has 0 fully saturated rings. The van der Waals surface area contributed by atoms with E-state index in [-0.39, 0.29) is 19.4 Å². The predicted octanol–water partition coefficient (Wildman–Crippen LogP) is -0.206. The number of hydrogen-bond donors (Lipinski definition) is 6. The lowest BCUT2D eigenvalue weighted by Crippen LogP contribution is -2.54. The van der Waals surface area contributed by atoms with Gasteiger partial charge < -0.3 is 36.7 Å². The molecular formula is C27H34N6O5. The van der Waals surface area contributed by atoms with Crippen LogP contribution in [0.25, 0.3) is 10.9 Å². The second kappa shape index (κ2) is 13.4. The maximum atomic E-state index is 12.8. The molecule has 0 radical (unpaired) electrons. The van der Waals surface area contributed by atoms with Crippen molar-refractivity contribution in [1.82, 2.24) is 25.8 Å². The average Bonchev–Trinajstić information content (AvgIpc) is 3.32. The standard InChI is InChI=1S/C27H34N6O5/c1-17(32-26(37)21(28)13-19-14-29-22-11-7-6-10-20(19)22)25(36)30-15-24(35)33(2)23(27(38)31-16-34)12-18-8-4-3-5-9-18/h3-11,14,17,21,23,29,34H,12-13,15-16,28H2,1-2H3,(H,30,36)(H,31,38)(H,32,37)/t17-,21+,23+/m1/s1. The number of nitrogens with two attached hydrogens (primary N) is 1. The van der Waals surface area contributed by atoms with Gasteiger partial charge in [0.25, 0.3) is 0 Å². The fourth-order valence-electron chi connectivity index (χ4n) is 4.07. The van der Waals surface area contributed by atoms with Gasteiger partial charge in [-0.3, -0.25) is 19.2 Å². The molecule has 0 spiro atoms. The number of carbonyl (C=O) groups excluding carboxylic acids is 4. The number of aliphatic hydroxyl groups excluding tert-OH is 1. The monoisotopic (exact) mass is 522 g/mol. The highest BCUT2D eigenvalue weighted by Crippen LogP contribution is 2.18. The van der Waals surface area contributed by atoms with Crippen LogP contribution in [-0.4, -0.2) is 77.1 Å². The molecule has 0 bridgehead atoms. The van der Waals surface area contributed by atoms with Gasteiger partial charge in [0.15, 0.2) is 0 Å². The highest BCUT2D eigenvalue weighted by molar-refractivity contribution is 5.93. The number of likely N-dealkylation sites (N-methyl/N-ethyl adjacent to an activating group) is 1. The van der Waals surface area contributed by atoms with Gasteiger partial charge >= 0.3 is 0 Å². The summed E-state index contributed by atoms with van der Waals surface area (Å²) in [4.78, 5) is 54.8. The van der Waals surface area contributed by atoms with Crippen molar-refractivity contribution < 1.29 is 24.3 Å². The Labute approximate surface area is 220 Å². The summed E-state index contributed by atoms with van der Waals surface area (Å²) in [5, 5.41) is 17.5. The Hall–Kier alpha value is -4.22. The van der Waals surface area contributed by atoms with Crippen molar-refractivity contribution in [1.29, 1.82) is 0 Å². The van der Waals surface area contributed by atoms with Gasteiger partial charge in [0.2, 0.25) is 23.6 Å². The van der Waals surface area contributed by atoms with Gasteiger partial charge in [0.05, 0.1) is 12.6 Å². The molecule has 3 rings (SSSR count). The normalized spacial score (nSPS) is 13.3. The SMILES string of the molecule is C[C@@H](NC(=O)[C@@H](N)Cc1c[nH]c2ccccc12)C(=O)NCC(=O)N(C)[C@@H](Cc1ccccc1)C(=O)NCO. The molecule has 11 nitrogen and oxygen atoms in total. The van der Waals surface area contributed by atoms with Gasteiger partial charge in [-0.05, 0) is 30.5 Å². The number of H-pyrrole nitrogens is 1. The maximum Gasteiger partial charge on any atom is 0.244 e. The van der Waals surface area contributed by atoms with E-state index < -0.39 is 48.5 Å². The van der Waals surface area contributed by atoms with Crippen molar-refractivity contribution in [3.63, 3.8) is 0 Å². The van der Waals surface area contributed by atoms with E-state index in [1.165, 1.54) is 18.9 Å². The summed E-state index contributed by atoms with van der Waals surface area (Å²) in [6.07, 6.45) is 2.32. The van der Waals surface area contributed by atoms with Crippen LogP contribution in [-0.2, 0) is 32.0 Å². The number of aromatic amines is 1. The van der Waals surface area contributed by atoms with Gasteiger partial charge in [0.1, 0.15) is 18.8 Å². The minimum atomic E-state index is -0.938. The van der Waals surface area contributed by atoms with E-state index in [4.69, 9.17) is 10.8 Å². The van der Waals surface area contributed by atoms with Gasteiger partial charge in [-0.15, -0.1) is 0 Å². The van der Waals surface area contributed by atoms with Crippen LogP contribution < -0.4 is 21.7 Å². The third kappa shape index (κ3) is 7.40. The smallest absolute Gasteiger partial charge is 0.244 e. The summed E-state index contributed by atoms with van der Waals surface area (Å²) >= 11 is 0. The molecule has 0 unspecified atom stereocenters. The van der Waals surface area contributed by atoms with Crippen LogP contribution >= 0.6 is 0 Å². The van der Waals surface area contributed by atoms with Crippen LogP contribution in [0.1, 0.15) is 18.1 Å². The lowest BCUT2D eigenvalue weighted by atomic mass is 10.0. The van der Waals surface area contributed by atoms with Crippen LogP contribution in [0.5, 0.6) is 0 Å². The molecule has 0 aliphatic rings. The summed E-state index contributed by atoms with van der Waals surface area (Å²) in [7, 11) is 1.45. The first-order chi connectivity index (χ1) is 18.2. The number of carbonyl (C=O) groups is 4. The predicted molar refractivity (Wildman–Crippen MR) is 143 cm³/mol. The molecule has 2 aromatic carbocycles. The molecule has 3 atom stereocenters. The molecule has 11 heteroatoms. The highest BCUT2D eigenvalue weighted by Gasteiger charge is 2.28. The fourth-order valence-corrected chi connectivity index (χ4v) is 4.07. The quantitative estimate of drug-likeness (QED) is 0.180. The highest BCUT2D eigenvalue weighted by atomic mass is 16.3. The zero-order valence-electron chi connectivity index (χ0n) is 21.4. The van der Waals surface area contributed by atoms with E-state index in [9.17, 15) is 19.2 Å². The molecule has 38 heavy (non-hydrogen) atoms. The fraction of sp³-hybridized carbons (Fsp3) is 0.333. The molecule has 1 heterocycles. The molecule has 0 saturated carbocycles. The molecule has 4 amide bonds. The summed E-state index contributed by atoms with van der Waals surface area (Å²) in [5.41, 5.74) is 8.75. The van der Waals surface area contributed by atoms with Crippen molar-refractivity contribution in [2.24, 2.45) is 5.73 Å². The summed E-state index contributed by atoms with van der Waals surface area (Å²) < 4.78 is 0. The number of amides is 4. The number of rotatable bonds is 12. The van der Waals surface area contributed by atoms with E-state index in [2.05, 4.69) is 20.9 Å². The number of benzene rings is 2. The first-order valence-corrected chi connectivity index (χ1v) is 12.3. The van der Waals surface area contributed by atoms with Crippen molar-refractivity contribution in [2.75, 3.05) is 20.3 Å². The van der Waals surface area contributed by atoms with Crippen LogP contribution in [0, 0.1) is 0 Å². The third-order valence-electron chi connectivity index (χ3n) is 6.31. The zero-order chi connectivity index (χ0) is 27.7. The molecule has 1 aromatic heterocycles. The number of para-hydroxylation sites is 1. The van der Waals surface area contributed by atoms with Gasteiger partial charge in [-0.2, -0.15) is 0 Å². The number of fused-ring (bicyclic) bond motifs is 1. The van der Waals surface area contributed by atoms with Gasteiger partial charge in [-0.1, -0.05) is 48.5 Å². The molecule has 0 aliphatic carbocycles. The van der Waals surface area contributed by atoms with E-state index in [0.29, 0.717) is 0 Å². The number of aromatic nitrogens is 1. The Morgan fingerprint density at radius 2 is 1.63 bits per heavy atom. The lowest BCUT2D eigenvalue weighted by molar-refractivity contribution is -0.139. The maximum absolute atomic E-state index is 12.8. The summed E-state index contributed by atoms with van der Waals surface area (Å²) in [6, 6.07) is 14.1. The van der Waals surface area contributed by atoms with Crippen LogP contribution in [0.15, 0.2) is 60.8 Å². The Balaban J connectivity index is 1.52. The molecule has 202 valence electrons. The van der Waals surface area contributed by atoms with Crippen molar-refractivity contribution in [3.8, 4) is 0 Å². The van der Waals surface area contributed by atoms with Crippen molar-refractivity contribution in [2.45, 2.75) is 37.9 Å². The number of aliphatic hydroxyl groups is 1. The van der Waals surface area contributed by atoms with Crippen LogP contribution in [0.3, 0.4) is 0 Å². The first kappa shape index (κ1) is 28.4. The molecule has 0 aliphatic heterocycles. The molecular weight excluding hydrogens is 488 g/mol.